The Balaban J connectivity index is 1.37. The highest BCUT2D eigenvalue weighted by Gasteiger charge is 2.46. The van der Waals surface area contributed by atoms with Crippen molar-refractivity contribution in [2.75, 3.05) is 18.0 Å². The minimum Gasteiger partial charge on any atom is -0.344 e. The van der Waals surface area contributed by atoms with E-state index in [4.69, 9.17) is 0 Å². The summed E-state index contributed by atoms with van der Waals surface area (Å²) < 4.78 is 36.9. The number of allylic oxidation sites excluding steroid dienone is 6. The maximum atomic E-state index is 12.3. The summed E-state index contributed by atoms with van der Waals surface area (Å²) in [4.78, 5) is 2.40. The smallest absolute Gasteiger partial charge is 0.295 e. The van der Waals surface area contributed by atoms with Gasteiger partial charge in [-0.05, 0) is 85.7 Å². The summed E-state index contributed by atoms with van der Waals surface area (Å²) in [5.41, 5.74) is 8.14. The zero-order valence-electron chi connectivity index (χ0n) is 29.5. The molecule has 0 aromatic heterocycles. The molecule has 0 atom stereocenters. The second-order valence-corrected chi connectivity index (χ2v) is 15.7. The summed E-state index contributed by atoms with van der Waals surface area (Å²) in [5, 5.41) is 4.06. The van der Waals surface area contributed by atoms with Gasteiger partial charge in [0.25, 0.3) is 10.1 Å². The molecule has 2 heterocycles. The van der Waals surface area contributed by atoms with Crippen LogP contribution in [0.25, 0.3) is 21.5 Å². The lowest BCUT2D eigenvalue weighted by atomic mass is 9.79. The van der Waals surface area contributed by atoms with Crippen LogP contribution in [0.2, 0.25) is 0 Å². The molecule has 0 aliphatic carbocycles. The Morgan fingerprint density at radius 1 is 0.771 bits per heavy atom. The second-order valence-electron chi connectivity index (χ2n) is 14.3. The van der Waals surface area contributed by atoms with E-state index in [1.165, 1.54) is 57.9 Å². The third-order valence-corrected chi connectivity index (χ3v) is 11.4. The SMILES string of the molecule is CCCCCC[N+]1=C(C=CC=CC=C2N(CC)c3ccc4c(C)cccc4c3C2(C)C)C(C)(C)c2c1ccc1c(S(=O)(=O)O)cccc21. The van der Waals surface area contributed by atoms with Crippen LogP contribution in [0.4, 0.5) is 11.4 Å². The van der Waals surface area contributed by atoms with Crippen molar-refractivity contribution in [3.63, 3.8) is 0 Å². The summed E-state index contributed by atoms with van der Waals surface area (Å²) in [7, 11) is -4.36. The third kappa shape index (κ3) is 5.63. The number of nitrogens with zero attached hydrogens (tertiary/aromatic N) is 2. The van der Waals surface area contributed by atoms with Gasteiger partial charge in [-0.1, -0.05) is 88.2 Å². The molecule has 1 N–H and O–H groups in total. The van der Waals surface area contributed by atoms with Crippen molar-refractivity contribution in [1.82, 2.24) is 0 Å². The molecule has 2 aliphatic rings. The van der Waals surface area contributed by atoms with E-state index in [0.29, 0.717) is 5.39 Å². The highest BCUT2D eigenvalue weighted by Crippen LogP contribution is 2.51. The lowest BCUT2D eigenvalue weighted by Gasteiger charge is -2.26. The summed E-state index contributed by atoms with van der Waals surface area (Å²) in [5.74, 6) is 0. The number of unbranched alkanes of at least 4 members (excludes halogenated alkanes) is 3. The summed E-state index contributed by atoms with van der Waals surface area (Å²) in [6.45, 7) is 17.5. The molecule has 2 aliphatic heterocycles. The minimum atomic E-state index is -4.36. The lowest BCUT2D eigenvalue weighted by molar-refractivity contribution is -0.438. The number of hydrogen-bond donors (Lipinski definition) is 1. The van der Waals surface area contributed by atoms with Gasteiger partial charge >= 0.3 is 0 Å². The van der Waals surface area contributed by atoms with Crippen molar-refractivity contribution >= 4 is 48.7 Å². The fraction of sp³-hybridized carbons (Fsp3) is 0.357. The van der Waals surface area contributed by atoms with Gasteiger partial charge in [0.1, 0.15) is 11.4 Å². The molecule has 5 nitrogen and oxygen atoms in total. The van der Waals surface area contributed by atoms with Crippen LogP contribution in [0, 0.1) is 6.92 Å². The van der Waals surface area contributed by atoms with E-state index < -0.39 is 10.1 Å². The topological polar surface area (TPSA) is 60.6 Å². The van der Waals surface area contributed by atoms with Crippen molar-refractivity contribution in [2.45, 2.75) is 89.9 Å². The zero-order chi connectivity index (χ0) is 34.4. The van der Waals surface area contributed by atoms with E-state index >= 15 is 0 Å². The fourth-order valence-corrected chi connectivity index (χ4v) is 8.94. The molecule has 0 unspecified atom stereocenters. The highest BCUT2D eigenvalue weighted by atomic mass is 32.2. The predicted octanol–water partition coefficient (Wildman–Crippen LogP) is 10.3. The molecule has 0 amide bonds. The van der Waals surface area contributed by atoms with Crippen molar-refractivity contribution in [3.05, 3.63) is 113 Å². The summed E-state index contributed by atoms with van der Waals surface area (Å²) >= 11 is 0. The standard InChI is InChI=1S/C42H48N2O3S/c1-8-10-11-15-28-44-35-27-25-31-33(20-17-21-36(31)48(45,46)47)40(35)42(6,7)38(44)23-14-12-13-22-37-41(4,5)39-32-19-16-18-29(3)30(32)24-26-34(39)43(37)9-2/h12-14,16-27H,8-11,15,28H2,1-7H3/p+1. The monoisotopic (exact) mass is 661 g/mol. The van der Waals surface area contributed by atoms with Gasteiger partial charge in [0.15, 0.2) is 5.71 Å². The Hall–Kier alpha value is -4.00. The quantitative estimate of drug-likeness (QED) is 0.0795. The van der Waals surface area contributed by atoms with Crippen LogP contribution in [0.3, 0.4) is 0 Å². The van der Waals surface area contributed by atoms with Crippen molar-refractivity contribution < 1.29 is 17.5 Å². The van der Waals surface area contributed by atoms with E-state index in [-0.39, 0.29) is 15.7 Å². The third-order valence-electron chi connectivity index (χ3n) is 10.5. The first kappa shape index (κ1) is 33.9. The van der Waals surface area contributed by atoms with Crippen LogP contribution in [-0.4, -0.2) is 36.3 Å². The first-order valence-electron chi connectivity index (χ1n) is 17.4. The van der Waals surface area contributed by atoms with Crippen molar-refractivity contribution in [2.24, 2.45) is 0 Å². The minimum absolute atomic E-state index is 0.0469. The van der Waals surface area contributed by atoms with Gasteiger partial charge in [-0.3, -0.25) is 4.55 Å². The van der Waals surface area contributed by atoms with E-state index in [9.17, 15) is 13.0 Å². The van der Waals surface area contributed by atoms with Gasteiger partial charge in [0.2, 0.25) is 5.69 Å². The maximum Gasteiger partial charge on any atom is 0.295 e. The fourth-order valence-electron chi connectivity index (χ4n) is 8.23. The Morgan fingerprint density at radius 3 is 2.19 bits per heavy atom. The molecule has 6 rings (SSSR count). The first-order chi connectivity index (χ1) is 22.8. The van der Waals surface area contributed by atoms with Gasteiger partial charge in [-0.2, -0.15) is 13.0 Å². The number of likely N-dealkylation sites (N-methyl/N-ethyl adjacent to an activating group) is 1. The average molecular weight is 662 g/mol. The van der Waals surface area contributed by atoms with Gasteiger partial charge in [0.05, 0.1) is 5.41 Å². The molecule has 250 valence electrons. The number of anilines is 1. The van der Waals surface area contributed by atoms with Gasteiger partial charge in [-0.15, -0.1) is 0 Å². The van der Waals surface area contributed by atoms with Crippen LogP contribution in [0.1, 0.15) is 83.9 Å². The van der Waals surface area contributed by atoms with Crippen LogP contribution in [0.5, 0.6) is 0 Å². The van der Waals surface area contributed by atoms with Gasteiger partial charge < -0.3 is 4.90 Å². The van der Waals surface area contributed by atoms with E-state index in [1.807, 2.05) is 18.2 Å². The zero-order valence-corrected chi connectivity index (χ0v) is 30.3. The van der Waals surface area contributed by atoms with E-state index in [0.717, 1.165) is 42.6 Å². The molecule has 0 saturated carbocycles. The summed E-state index contributed by atoms with van der Waals surface area (Å²) in [6, 6.07) is 20.2. The van der Waals surface area contributed by atoms with E-state index in [2.05, 4.69) is 119 Å². The Kier molecular flexibility index (Phi) is 9.03. The molecule has 0 radical (unpaired) electrons. The molecule has 4 aromatic rings. The number of rotatable bonds is 10. The Labute approximate surface area is 286 Å². The molecule has 0 saturated heterocycles. The number of hydrogen-bond acceptors (Lipinski definition) is 3. The molecule has 6 heteroatoms. The number of benzene rings is 4. The van der Waals surface area contributed by atoms with Crippen molar-refractivity contribution in [1.29, 1.82) is 0 Å². The molecule has 0 spiro atoms. The normalized spacial score (nSPS) is 17.9. The van der Waals surface area contributed by atoms with Crippen LogP contribution < -0.4 is 4.90 Å². The molecular weight excluding hydrogens is 613 g/mol. The summed E-state index contributed by atoms with van der Waals surface area (Å²) in [6.07, 6.45) is 15.5. The van der Waals surface area contributed by atoms with E-state index in [1.54, 1.807) is 6.07 Å². The molecule has 0 bridgehead atoms. The van der Waals surface area contributed by atoms with Crippen LogP contribution in [-0.2, 0) is 20.9 Å². The predicted molar refractivity (Wildman–Crippen MR) is 202 cm³/mol. The largest absolute Gasteiger partial charge is 0.344 e. The lowest BCUT2D eigenvalue weighted by Crippen LogP contribution is -2.28. The second kappa shape index (κ2) is 12.8. The molecule has 0 fully saturated rings. The highest BCUT2D eigenvalue weighted by molar-refractivity contribution is 7.86. The number of fused-ring (bicyclic) bond motifs is 6. The van der Waals surface area contributed by atoms with Gasteiger partial charge in [0, 0.05) is 52.9 Å². The number of aryl methyl sites for hydroxylation is 1. The van der Waals surface area contributed by atoms with Crippen molar-refractivity contribution in [3.8, 4) is 0 Å². The van der Waals surface area contributed by atoms with Crippen LogP contribution >= 0.6 is 0 Å². The van der Waals surface area contributed by atoms with Crippen LogP contribution in [0.15, 0.2) is 102 Å². The molecular formula is C42H49N2O3S+. The average Bonchev–Trinajstić information content (AvgIpc) is 3.40. The Bertz CT molecular complexity index is 2150. The molecule has 4 aromatic carbocycles. The Morgan fingerprint density at radius 2 is 1.48 bits per heavy atom. The van der Waals surface area contributed by atoms with Gasteiger partial charge in [-0.25, -0.2) is 0 Å². The molecule has 48 heavy (non-hydrogen) atoms. The first-order valence-corrected chi connectivity index (χ1v) is 18.8. The maximum absolute atomic E-state index is 12.3.